The van der Waals surface area contributed by atoms with Gasteiger partial charge in [0.25, 0.3) is 0 Å². The van der Waals surface area contributed by atoms with Crippen LogP contribution in [0.3, 0.4) is 0 Å². The summed E-state index contributed by atoms with van der Waals surface area (Å²) in [6.07, 6.45) is 5.10. The summed E-state index contributed by atoms with van der Waals surface area (Å²) in [6, 6.07) is 3.26. The summed E-state index contributed by atoms with van der Waals surface area (Å²) in [4.78, 5) is 0. The van der Waals surface area contributed by atoms with Crippen molar-refractivity contribution in [3.63, 3.8) is 0 Å². The summed E-state index contributed by atoms with van der Waals surface area (Å²) in [7, 11) is 0. The number of rotatable bonds is 11. The zero-order valence-corrected chi connectivity index (χ0v) is 19.2. The molecular weight excluding hydrogens is 542 g/mol. The van der Waals surface area contributed by atoms with Crippen LogP contribution in [0.1, 0.15) is 12.8 Å². The highest BCUT2D eigenvalue weighted by molar-refractivity contribution is 9.28. The molecule has 1 rings (SSSR count). The Kier molecular flexibility index (Phi) is 12.7. The van der Waals surface area contributed by atoms with Crippen molar-refractivity contribution in [2.45, 2.75) is 12.8 Å². The number of benzene rings is 1. The van der Waals surface area contributed by atoms with Gasteiger partial charge in [-0.2, -0.15) is 0 Å². The van der Waals surface area contributed by atoms with E-state index in [2.05, 4.69) is 31.9 Å². The molecule has 9 heteroatoms. The third-order valence-electron chi connectivity index (χ3n) is 2.74. The minimum atomic E-state index is 0.136. The lowest BCUT2D eigenvalue weighted by Crippen LogP contribution is -2.02. The summed E-state index contributed by atoms with van der Waals surface area (Å²) in [6.45, 7) is 1.91. The first-order chi connectivity index (χ1) is 11.9. The Labute approximate surface area is 184 Å². The Bertz CT molecular complexity index is 578. The summed E-state index contributed by atoms with van der Waals surface area (Å²) < 4.78 is 17.5. The molecule has 0 aliphatic carbocycles. The lowest BCUT2D eigenvalue weighted by atomic mass is 10.3. The van der Waals surface area contributed by atoms with Gasteiger partial charge in [-0.25, -0.2) is 0 Å². The van der Waals surface area contributed by atoms with Crippen LogP contribution in [0.5, 0.6) is 11.5 Å². The van der Waals surface area contributed by atoms with E-state index in [1.165, 1.54) is 6.08 Å². The molecule has 0 aromatic heterocycles. The van der Waals surface area contributed by atoms with Gasteiger partial charge in [0.2, 0.25) is 0 Å². The fourth-order valence-corrected chi connectivity index (χ4v) is 2.61. The number of unbranched alkanes of at least 4 members (excludes halogenated alkanes) is 1. The number of ether oxygens (including phenoxy) is 3. The van der Waals surface area contributed by atoms with E-state index in [9.17, 15) is 0 Å². The van der Waals surface area contributed by atoms with Gasteiger partial charge in [0.05, 0.1) is 26.7 Å². The molecule has 140 valence electrons. The molecule has 0 fully saturated rings. The molecule has 1 aromatic rings. The lowest BCUT2D eigenvalue weighted by molar-refractivity contribution is 0.152. The monoisotopic (exact) mass is 554 g/mol. The number of hydrogen-bond acceptors (Lipinski definition) is 3. The molecule has 0 aliphatic heterocycles. The Morgan fingerprint density at radius 3 is 2.16 bits per heavy atom. The zero-order valence-electron chi connectivity index (χ0n) is 13.0. The molecule has 0 aliphatic rings. The largest absolute Gasteiger partial charge is 0.490 e. The van der Waals surface area contributed by atoms with Gasteiger partial charge in [-0.05, 0) is 56.9 Å². The van der Waals surface area contributed by atoms with E-state index in [0.29, 0.717) is 41.4 Å². The molecule has 0 spiro atoms. The van der Waals surface area contributed by atoms with Crippen molar-refractivity contribution in [3.8, 4) is 11.5 Å². The van der Waals surface area contributed by atoms with Crippen LogP contribution in [0.4, 0.5) is 0 Å². The van der Waals surface area contributed by atoms with Gasteiger partial charge in [0.1, 0.15) is 16.8 Å². The van der Waals surface area contributed by atoms with Crippen LogP contribution in [0.2, 0.25) is 10.0 Å². The maximum absolute atomic E-state index is 6.19. The first-order valence-corrected chi connectivity index (χ1v) is 10.3. The Morgan fingerprint density at radius 2 is 1.56 bits per heavy atom. The predicted molar refractivity (Wildman–Crippen MR) is 113 cm³/mol. The van der Waals surface area contributed by atoms with Crippen LogP contribution in [0.25, 0.3) is 0 Å². The topological polar surface area (TPSA) is 27.7 Å². The molecule has 0 bridgehead atoms. The van der Waals surface area contributed by atoms with Crippen molar-refractivity contribution in [2.75, 3.05) is 26.4 Å². The molecule has 0 atom stereocenters. The highest BCUT2D eigenvalue weighted by Gasteiger charge is 2.10. The third kappa shape index (κ3) is 11.0. The van der Waals surface area contributed by atoms with E-state index in [1.54, 1.807) is 12.1 Å². The fraction of sp³-hybridized carbons (Fsp3) is 0.375. The standard InChI is InChI=1S/C16H16Br2Cl4O3/c17-14(18)3-7-23-5-1-2-6-25-16-12(19)9-11(10-13(16)20)24-8-4-15(21)22/h3-4,9-10H,1-2,5-8H2. The number of hydrogen-bond donors (Lipinski definition) is 0. The van der Waals surface area contributed by atoms with Crippen LogP contribution in [-0.4, -0.2) is 26.4 Å². The highest BCUT2D eigenvalue weighted by atomic mass is 79.9. The molecular formula is C16H16Br2Cl4O3. The molecule has 0 heterocycles. The first kappa shape index (κ1) is 23.4. The molecule has 3 nitrogen and oxygen atoms in total. The smallest absolute Gasteiger partial charge is 0.156 e. The van der Waals surface area contributed by atoms with Gasteiger partial charge < -0.3 is 14.2 Å². The van der Waals surface area contributed by atoms with Gasteiger partial charge in [0, 0.05) is 18.7 Å². The van der Waals surface area contributed by atoms with E-state index >= 15 is 0 Å². The van der Waals surface area contributed by atoms with Gasteiger partial charge >= 0.3 is 0 Å². The van der Waals surface area contributed by atoms with Gasteiger partial charge in [-0.3, -0.25) is 0 Å². The second-order valence-electron chi connectivity index (χ2n) is 4.65. The van der Waals surface area contributed by atoms with Crippen molar-refractivity contribution < 1.29 is 14.2 Å². The van der Waals surface area contributed by atoms with Crippen molar-refractivity contribution in [1.82, 2.24) is 0 Å². The summed E-state index contributed by atoms with van der Waals surface area (Å²) in [5, 5.41) is 0.763. The minimum Gasteiger partial charge on any atom is -0.490 e. The molecule has 0 saturated carbocycles. The number of halogens is 6. The molecule has 0 unspecified atom stereocenters. The van der Waals surface area contributed by atoms with Crippen LogP contribution < -0.4 is 9.47 Å². The van der Waals surface area contributed by atoms with E-state index < -0.39 is 0 Å². The average molecular weight is 558 g/mol. The molecule has 0 amide bonds. The molecule has 0 N–H and O–H groups in total. The Hall–Kier alpha value is 0.380. The van der Waals surface area contributed by atoms with E-state index in [4.69, 9.17) is 60.6 Å². The Balaban J connectivity index is 2.36. The SMILES string of the molecule is ClC(Cl)=CCOc1cc(Cl)c(OCCCCOCC=C(Br)Br)c(Cl)c1. The van der Waals surface area contributed by atoms with Crippen LogP contribution in [0, 0.1) is 0 Å². The lowest BCUT2D eigenvalue weighted by Gasteiger charge is -2.12. The van der Waals surface area contributed by atoms with E-state index in [1.807, 2.05) is 6.08 Å². The van der Waals surface area contributed by atoms with Crippen molar-refractivity contribution in [2.24, 2.45) is 0 Å². The van der Waals surface area contributed by atoms with Crippen LogP contribution in [-0.2, 0) is 4.74 Å². The fourth-order valence-electron chi connectivity index (χ4n) is 1.64. The van der Waals surface area contributed by atoms with Crippen molar-refractivity contribution in [3.05, 3.63) is 42.2 Å². The molecule has 1 aromatic carbocycles. The second-order valence-corrected chi connectivity index (χ2v) is 9.24. The van der Waals surface area contributed by atoms with E-state index in [-0.39, 0.29) is 11.1 Å². The maximum atomic E-state index is 6.19. The van der Waals surface area contributed by atoms with Crippen molar-refractivity contribution in [1.29, 1.82) is 0 Å². The summed E-state index contributed by atoms with van der Waals surface area (Å²) >= 11 is 29.9. The predicted octanol–water partition coefficient (Wildman–Crippen LogP) is 7.50. The van der Waals surface area contributed by atoms with Gasteiger partial charge in [-0.1, -0.05) is 46.4 Å². The minimum absolute atomic E-state index is 0.136. The Morgan fingerprint density at radius 1 is 0.920 bits per heavy atom. The summed E-state index contributed by atoms with van der Waals surface area (Å²) in [5.74, 6) is 0.946. The van der Waals surface area contributed by atoms with Gasteiger partial charge in [0.15, 0.2) is 5.75 Å². The molecule has 0 saturated heterocycles. The second kappa shape index (κ2) is 13.5. The summed E-state index contributed by atoms with van der Waals surface area (Å²) in [5.41, 5.74) is 0. The average Bonchev–Trinajstić information content (AvgIpc) is 2.51. The van der Waals surface area contributed by atoms with Gasteiger partial charge in [-0.15, -0.1) is 0 Å². The van der Waals surface area contributed by atoms with Crippen LogP contribution in [0.15, 0.2) is 32.2 Å². The van der Waals surface area contributed by atoms with Crippen LogP contribution >= 0.6 is 78.3 Å². The molecule has 25 heavy (non-hydrogen) atoms. The van der Waals surface area contributed by atoms with Crippen molar-refractivity contribution >= 4 is 78.3 Å². The first-order valence-electron chi connectivity index (χ1n) is 7.25. The quantitative estimate of drug-likeness (QED) is 0.264. The third-order valence-corrected chi connectivity index (χ3v) is 4.26. The highest BCUT2D eigenvalue weighted by Crippen LogP contribution is 2.37. The normalized spacial score (nSPS) is 10.3. The maximum Gasteiger partial charge on any atom is 0.156 e. The van der Waals surface area contributed by atoms with E-state index in [0.717, 1.165) is 16.2 Å². The molecule has 0 radical (unpaired) electrons. The zero-order chi connectivity index (χ0) is 18.7.